The van der Waals surface area contributed by atoms with Crippen LogP contribution in [-0.4, -0.2) is 5.11 Å². The fourth-order valence-electron chi connectivity index (χ4n) is 1.22. The zero-order valence-electron chi connectivity index (χ0n) is 7.73. The molecule has 68 valence electrons. The van der Waals surface area contributed by atoms with Gasteiger partial charge in [0.15, 0.2) is 0 Å². The van der Waals surface area contributed by atoms with Gasteiger partial charge in [-0.15, -0.1) is 11.3 Å². The van der Waals surface area contributed by atoms with Crippen LogP contribution in [0.15, 0.2) is 4.47 Å². The van der Waals surface area contributed by atoms with Gasteiger partial charge in [0.25, 0.3) is 0 Å². The molecular weight excluding hydrogens is 236 g/mol. The maximum atomic E-state index is 9.80. The molecule has 0 saturated carbocycles. The van der Waals surface area contributed by atoms with Gasteiger partial charge in [-0.05, 0) is 49.2 Å². The highest BCUT2D eigenvalue weighted by Crippen LogP contribution is 2.37. The molecule has 0 aliphatic rings. The summed E-state index contributed by atoms with van der Waals surface area (Å²) in [5.74, 6) is 0. The van der Waals surface area contributed by atoms with E-state index < -0.39 is 5.60 Å². The Kier molecular flexibility index (Phi) is 2.66. The number of hydrogen-bond acceptors (Lipinski definition) is 2. The van der Waals surface area contributed by atoms with Gasteiger partial charge in [-0.3, -0.25) is 0 Å². The van der Waals surface area contributed by atoms with Gasteiger partial charge in [0, 0.05) is 14.2 Å². The van der Waals surface area contributed by atoms with Crippen LogP contribution in [0.3, 0.4) is 0 Å². The Balaban J connectivity index is 3.28. The van der Waals surface area contributed by atoms with Gasteiger partial charge in [-0.25, -0.2) is 0 Å². The predicted octanol–water partition coefficient (Wildman–Crippen LogP) is 3.35. The molecule has 0 aliphatic heterocycles. The first-order valence-corrected chi connectivity index (χ1v) is 5.43. The minimum atomic E-state index is -0.717. The molecule has 1 nitrogen and oxygen atoms in total. The van der Waals surface area contributed by atoms with Crippen LogP contribution in [0.2, 0.25) is 0 Å². The highest BCUT2D eigenvalue weighted by atomic mass is 79.9. The molecule has 0 amide bonds. The quantitative estimate of drug-likeness (QED) is 0.809. The number of rotatable bonds is 1. The Morgan fingerprint density at radius 1 is 1.33 bits per heavy atom. The lowest BCUT2D eigenvalue weighted by atomic mass is 10.0. The average molecular weight is 249 g/mol. The van der Waals surface area contributed by atoms with Crippen LogP contribution < -0.4 is 0 Å². The van der Waals surface area contributed by atoms with E-state index in [2.05, 4.69) is 22.9 Å². The van der Waals surface area contributed by atoms with E-state index in [1.54, 1.807) is 11.3 Å². The molecule has 3 heteroatoms. The van der Waals surface area contributed by atoms with Gasteiger partial charge in [-0.2, -0.15) is 0 Å². The van der Waals surface area contributed by atoms with Crippen LogP contribution >= 0.6 is 27.3 Å². The molecule has 1 rings (SSSR count). The van der Waals surface area contributed by atoms with Crippen molar-refractivity contribution in [3.8, 4) is 0 Å². The normalized spacial score (nSPS) is 12.2. The second-order valence-electron chi connectivity index (χ2n) is 3.49. The Hall–Kier alpha value is 0.140. The molecule has 1 aromatic heterocycles. The maximum absolute atomic E-state index is 9.80. The number of aliphatic hydroxyl groups is 1. The molecule has 0 aromatic carbocycles. The molecule has 1 N–H and O–H groups in total. The largest absolute Gasteiger partial charge is 0.385 e. The molecule has 0 aliphatic carbocycles. The molecule has 1 heterocycles. The SMILES string of the molecule is Cc1sc(C(C)(C)O)c(C)c1Br. The van der Waals surface area contributed by atoms with Crippen molar-refractivity contribution >= 4 is 27.3 Å². The van der Waals surface area contributed by atoms with Gasteiger partial charge in [0.05, 0.1) is 5.60 Å². The van der Waals surface area contributed by atoms with E-state index in [-0.39, 0.29) is 0 Å². The summed E-state index contributed by atoms with van der Waals surface area (Å²) in [6.45, 7) is 7.72. The molecule has 0 saturated heterocycles. The van der Waals surface area contributed by atoms with Gasteiger partial charge in [-0.1, -0.05) is 0 Å². The van der Waals surface area contributed by atoms with Crippen LogP contribution in [0.4, 0.5) is 0 Å². The van der Waals surface area contributed by atoms with E-state index in [1.165, 1.54) is 4.88 Å². The second kappa shape index (κ2) is 3.13. The van der Waals surface area contributed by atoms with E-state index in [1.807, 2.05) is 20.8 Å². The molecular formula is C9H13BrOS. The van der Waals surface area contributed by atoms with Gasteiger partial charge >= 0.3 is 0 Å². The van der Waals surface area contributed by atoms with Crippen molar-refractivity contribution in [2.75, 3.05) is 0 Å². The topological polar surface area (TPSA) is 20.2 Å². The summed E-state index contributed by atoms with van der Waals surface area (Å²) in [5.41, 5.74) is 0.441. The Labute approximate surface area is 85.6 Å². The fraction of sp³-hybridized carbons (Fsp3) is 0.556. The minimum Gasteiger partial charge on any atom is -0.385 e. The Morgan fingerprint density at radius 2 is 1.83 bits per heavy atom. The summed E-state index contributed by atoms with van der Waals surface area (Å²) in [4.78, 5) is 2.27. The minimum absolute atomic E-state index is 0.717. The lowest BCUT2D eigenvalue weighted by Crippen LogP contribution is -2.14. The van der Waals surface area contributed by atoms with Crippen LogP contribution in [0.25, 0.3) is 0 Å². The molecule has 0 unspecified atom stereocenters. The lowest BCUT2D eigenvalue weighted by molar-refractivity contribution is 0.0819. The summed E-state index contributed by atoms with van der Waals surface area (Å²) < 4.78 is 1.13. The smallest absolute Gasteiger partial charge is 0.0935 e. The molecule has 0 atom stereocenters. The number of hydrogen-bond donors (Lipinski definition) is 1. The summed E-state index contributed by atoms with van der Waals surface area (Å²) in [6, 6.07) is 0. The third-order valence-electron chi connectivity index (χ3n) is 1.79. The third-order valence-corrected chi connectivity index (χ3v) is 4.76. The molecule has 0 fully saturated rings. The zero-order valence-corrected chi connectivity index (χ0v) is 10.1. The van der Waals surface area contributed by atoms with Crippen LogP contribution in [0.1, 0.15) is 29.2 Å². The first kappa shape index (κ1) is 10.2. The summed E-state index contributed by atoms with van der Waals surface area (Å²) >= 11 is 5.14. The van der Waals surface area contributed by atoms with Crippen molar-refractivity contribution in [2.45, 2.75) is 33.3 Å². The van der Waals surface area contributed by atoms with E-state index >= 15 is 0 Å². The summed E-state index contributed by atoms with van der Waals surface area (Å²) in [6.07, 6.45) is 0. The average Bonchev–Trinajstić information content (AvgIpc) is 2.15. The Bertz CT molecular complexity index is 296. The van der Waals surface area contributed by atoms with Crippen molar-refractivity contribution in [1.29, 1.82) is 0 Å². The number of thiophene rings is 1. The summed E-state index contributed by atoms with van der Waals surface area (Å²) in [5, 5.41) is 9.80. The first-order chi connectivity index (χ1) is 5.34. The van der Waals surface area contributed by atoms with Crippen molar-refractivity contribution < 1.29 is 5.11 Å². The second-order valence-corrected chi connectivity index (χ2v) is 5.50. The fourth-order valence-corrected chi connectivity index (χ4v) is 2.85. The third kappa shape index (κ3) is 1.73. The number of halogens is 1. The van der Waals surface area contributed by atoms with Crippen molar-refractivity contribution in [1.82, 2.24) is 0 Å². The standard InChI is InChI=1S/C9H13BrOS/c1-5-7(10)6(2)12-8(5)9(3,4)11/h11H,1-4H3. The molecule has 12 heavy (non-hydrogen) atoms. The van der Waals surface area contributed by atoms with Crippen molar-refractivity contribution in [2.24, 2.45) is 0 Å². The molecule has 1 aromatic rings. The molecule has 0 bridgehead atoms. The van der Waals surface area contributed by atoms with Crippen molar-refractivity contribution in [3.63, 3.8) is 0 Å². The lowest BCUT2D eigenvalue weighted by Gasteiger charge is -2.16. The van der Waals surface area contributed by atoms with Gasteiger partial charge < -0.3 is 5.11 Å². The summed E-state index contributed by atoms with van der Waals surface area (Å²) in [7, 11) is 0. The number of aryl methyl sites for hydroxylation is 1. The van der Waals surface area contributed by atoms with Gasteiger partial charge in [0.2, 0.25) is 0 Å². The van der Waals surface area contributed by atoms with E-state index in [4.69, 9.17) is 0 Å². The highest BCUT2D eigenvalue weighted by Gasteiger charge is 2.23. The van der Waals surface area contributed by atoms with E-state index in [9.17, 15) is 5.11 Å². The molecule has 0 spiro atoms. The Morgan fingerprint density at radius 3 is 2.00 bits per heavy atom. The van der Waals surface area contributed by atoms with Crippen LogP contribution in [-0.2, 0) is 5.60 Å². The van der Waals surface area contributed by atoms with Gasteiger partial charge in [0.1, 0.15) is 0 Å². The predicted molar refractivity (Wildman–Crippen MR) is 56.7 cm³/mol. The van der Waals surface area contributed by atoms with E-state index in [0.29, 0.717) is 0 Å². The van der Waals surface area contributed by atoms with Crippen LogP contribution in [0.5, 0.6) is 0 Å². The van der Waals surface area contributed by atoms with Crippen LogP contribution in [0, 0.1) is 13.8 Å². The monoisotopic (exact) mass is 248 g/mol. The zero-order chi connectivity index (χ0) is 9.52. The first-order valence-electron chi connectivity index (χ1n) is 3.82. The van der Waals surface area contributed by atoms with Crippen molar-refractivity contribution in [3.05, 3.63) is 19.8 Å². The molecule has 0 radical (unpaired) electrons. The maximum Gasteiger partial charge on any atom is 0.0935 e. The van der Waals surface area contributed by atoms with E-state index in [0.717, 1.165) is 14.9 Å². The highest BCUT2D eigenvalue weighted by molar-refractivity contribution is 9.10.